The van der Waals surface area contributed by atoms with Gasteiger partial charge in [-0.25, -0.2) is 0 Å². The molecule has 2 aromatic rings. The Balaban J connectivity index is 1.75. The molecule has 166 valence electrons. The zero-order chi connectivity index (χ0) is 22.9. The van der Waals surface area contributed by atoms with Crippen LogP contribution in [0.2, 0.25) is 0 Å². The molecule has 2 aromatic carbocycles. The van der Waals surface area contributed by atoms with E-state index >= 15 is 0 Å². The Hall–Kier alpha value is -3.94. The number of carbonyl (C=O) groups excluding carboxylic acids is 4. The second-order valence-corrected chi connectivity index (χ2v) is 7.31. The molecule has 1 heterocycles. The predicted octanol–water partition coefficient (Wildman–Crippen LogP) is 1.62. The van der Waals surface area contributed by atoms with Crippen LogP contribution < -0.4 is 10.6 Å². The lowest BCUT2D eigenvalue weighted by atomic mass is 10.1. The Morgan fingerprint density at radius 3 is 2.41 bits per heavy atom. The molecule has 8 nitrogen and oxygen atoms in total. The van der Waals surface area contributed by atoms with Crippen LogP contribution in [0.4, 0.5) is 0 Å². The van der Waals surface area contributed by atoms with Crippen LogP contribution in [-0.2, 0) is 30.5 Å². The molecule has 0 spiro atoms. The van der Waals surface area contributed by atoms with E-state index in [9.17, 15) is 19.2 Å². The van der Waals surface area contributed by atoms with Crippen LogP contribution in [0.1, 0.15) is 24.5 Å². The van der Waals surface area contributed by atoms with Crippen molar-refractivity contribution in [2.45, 2.75) is 26.0 Å². The fourth-order valence-electron chi connectivity index (χ4n) is 3.33. The number of esters is 1. The highest BCUT2D eigenvalue weighted by molar-refractivity contribution is 6.03. The average molecular weight is 435 g/mol. The first kappa shape index (κ1) is 22.7. The fourth-order valence-corrected chi connectivity index (χ4v) is 3.33. The van der Waals surface area contributed by atoms with Crippen molar-refractivity contribution in [3.05, 3.63) is 77.5 Å². The van der Waals surface area contributed by atoms with Crippen molar-refractivity contribution in [1.29, 1.82) is 0 Å². The highest BCUT2D eigenvalue weighted by atomic mass is 16.5. The molecule has 0 aliphatic carbocycles. The first-order valence-corrected chi connectivity index (χ1v) is 10.3. The molecule has 3 amide bonds. The number of nitrogens with one attached hydrogen (secondary N) is 2. The van der Waals surface area contributed by atoms with E-state index < -0.39 is 29.7 Å². The van der Waals surface area contributed by atoms with E-state index in [2.05, 4.69) is 10.6 Å². The number of hydrogen-bond donors (Lipinski definition) is 2. The second-order valence-electron chi connectivity index (χ2n) is 7.31. The Morgan fingerprint density at radius 2 is 1.75 bits per heavy atom. The lowest BCUT2D eigenvalue weighted by Gasteiger charge is -2.35. The summed E-state index contributed by atoms with van der Waals surface area (Å²) in [5.41, 5.74) is 1.56. The van der Waals surface area contributed by atoms with E-state index in [1.54, 1.807) is 18.2 Å². The summed E-state index contributed by atoms with van der Waals surface area (Å²) < 4.78 is 5.29. The van der Waals surface area contributed by atoms with Crippen molar-refractivity contribution in [3.8, 4) is 0 Å². The molecule has 8 heteroatoms. The molecule has 1 atom stereocenters. The average Bonchev–Trinajstić information content (AvgIpc) is 2.79. The molecular formula is C24H25N3O5. The van der Waals surface area contributed by atoms with Gasteiger partial charge in [0.1, 0.15) is 18.3 Å². The van der Waals surface area contributed by atoms with Gasteiger partial charge < -0.3 is 20.3 Å². The summed E-state index contributed by atoms with van der Waals surface area (Å²) in [6, 6.07) is 17.2. The third-order valence-corrected chi connectivity index (χ3v) is 4.85. The predicted molar refractivity (Wildman–Crippen MR) is 118 cm³/mol. The van der Waals surface area contributed by atoms with E-state index in [-0.39, 0.29) is 31.8 Å². The standard InChI is InChI=1S/C24H25N3O5/c1-17(28)26-20(14-18-8-4-2-5-9-18)24(31)27-13-12-25-23(30)21(27)15-22(29)32-16-19-10-6-3-7-11-19/h2-11,14,21H,12-13,15-16H2,1H3,(H,25,30)(H,26,28)/b20-14+/t21-/m1/s1. The van der Waals surface area contributed by atoms with Gasteiger partial charge in [0.15, 0.2) is 0 Å². The molecule has 1 fully saturated rings. The first-order valence-electron chi connectivity index (χ1n) is 10.3. The normalized spacial score (nSPS) is 16.2. The van der Waals surface area contributed by atoms with Crippen LogP contribution in [0, 0.1) is 0 Å². The smallest absolute Gasteiger partial charge is 0.308 e. The van der Waals surface area contributed by atoms with Crippen molar-refractivity contribution >= 4 is 29.8 Å². The van der Waals surface area contributed by atoms with Gasteiger partial charge in [0.25, 0.3) is 5.91 Å². The van der Waals surface area contributed by atoms with Crippen molar-refractivity contribution in [3.63, 3.8) is 0 Å². The second kappa shape index (κ2) is 10.9. The molecule has 0 unspecified atom stereocenters. The van der Waals surface area contributed by atoms with Gasteiger partial charge in [0, 0.05) is 20.0 Å². The fraction of sp³-hybridized carbons (Fsp3) is 0.250. The van der Waals surface area contributed by atoms with Gasteiger partial charge >= 0.3 is 5.97 Å². The van der Waals surface area contributed by atoms with Crippen molar-refractivity contribution in [2.75, 3.05) is 13.1 Å². The van der Waals surface area contributed by atoms with Gasteiger partial charge in [-0.2, -0.15) is 0 Å². The van der Waals surface area contributed by atoms with E-state index in [1.807, 2.05) is 48.5 Å². The SMILES string of the molecule is CC(=O)N/C(=C/c1ccccc1)C(=O)N1CCNC(=O)[C@H]1CC(=O)OCc1ccccc1. The van der Waals surface area contributed by atoms with E-state index in [0.29, 0.717) is 5.56 Å². The molecule has 1 aliphatic heterocycles. The number of benzene rings is 2. The van der Waals surface area contributed by atoms with Crippen molar-refractivity contribution in [1.82, 2.24) is 15.5 Å². The number of piperazine rings is 1. The summed E-state index contributed by atoms with van der Waals surface area (Å²) in [5, 5.41) is 5.22. The number of hydrogen-bond acceptors (Lipinski definition) is 5. The van der Waals surface area contributed by atoms with Gasteiger partial charge in [0.05, 0.1) is 6.42 Å². The van der Waals surface area contributed by atoms with Crippen LogP contribution in [-0.4, -0.2) is 47.7 Å². The molecule has 2 N–H and O–H groups in total. The van der Waals surface area contributed by atoms with Gasteiger partial charge in [-0.3, -0.25) is 19.2 Å². The van der Waals surface area contributed by atoms with Crippen LogP contribution in [0.25, 0.3) is 6.08 Å². The zero-order valence-corrected chi connectivity index (χ0v) is 17.7. The summed E-state index contributed by atoms with van der Waals surface area (Å²) in [6.45, 7) is 1.83. The summed E-state index contributed by atoms with van der Waals surface area (Å²) in [6.07, 6.45) is 1.25. The number of rotatable bonds is 7. The van der Waals surface area contributed by atoms with Crippen molar-refractivity contribution < 1.29 is 23.9 Å². The van der Waals surface area contributed by atoms with Crippen LogP contribution in [0.15, 0.2) is 66.4 Å². The Morgan fingerprint density at radius 1 is 1.09 bits per heavy atom. The van der Waals surface area contributed by atoms with Crippen LogP contribution in [0.5, 0.6) is 0 Å². The number of carbonyl (C=O) groups is 4. The minimum absolute atomic E-state index is 0.0288. The monoisotopic (exact) mass is 435 g/mol. The lowest BCUT2D eigenvalue weighted by molar-refractivity contribution is -0.152. The Kier molecular flexibility index (Phi) is 7.75. The van der Waals surface area contributed by atoms with Crippen LogP contribution >= 0.6 is 0 Å². The molecule has 1 saturated heterocycles. The Bertz CT molecular complexity index is 1000. The van der Waals surface area contributed by atoms with Gasteiger partial charge in [-0.1, -0.05) is 60.7 Å². The lowest BCUT2D eigenvalue weighted by Crippen LogP contribution is -2.58. The van der Waals surface area contributed by atoms with E-state index in [1.165, 1.54) is 11.8 Å². The maximum Gasteiger partial charge on any atom is 0.308 e. The minimum Gasteiger partial charge on any atom is -0.461 e. The molecule has 0 saturated carbocycles. The van der Waals surface area contributed by atoms with E-state index in [0.717, 1.165) is 5.56 Å². The number of nitrogens with zero attached hydrogens (tertiary/aromatic N) is 1. The minimum atomic E-state index is -1.03. The highest BCUT2D eigenvalue weighted by Crippen LogP contribution is 2.16. The molecule has 32 heavy (non-hydrogen) atoms. The quantitative estimate of drug-likeness (QED) is 0.508. The molecular weight excluding hydrogens is 410 g/mol. The van der Waals surface area contributed by atoms with Gasteiger partial charge in [-0.05, 0) is 17.2 Å². The number of ether oxygens (including phenoxy) is 1. The largest absolute Gasteiger partial charge is 0.461 e. The van der Waals surface area contributed by atoms with Gasteiger partial charge in [0.2, 0.25) is 11.8 Å². The highest BCUT2D eigenvalue weighted by Gasteiger charge is 2.36. The molecule has 1 aliphatic rings. The molecule has 0 radical (unpaired) electrons. The summed E-state index contributed by atoms with van der Waals surface area (Å²) in [7, 11) is 0. The Labute approximate surface area is 186 Å². The summed E-state index contributed by atoms with van der Waals surface area (Å²) in [5.74, 6) is -1.99. The maximum atomic E-state index is 13.3. The van der Waals surface area contributed by atoms with Crippen molar-refractivity contribution in [2.24, 2.45) is 0 Å². The van der Waals surface area contributed by atoms with Crippen LogP contribution in [0.3, 0.4) is 0 Å². The first-order chi connectivity index (χ1) is 15.4. The molecule has 0 bridgehead atoms. The third-order valence-electron chi connectivity index (χ3n) is 4.85. The van der Waals surface area contributed by atoms with E-state index in [4.69, 9.17) is 4.74 Å². The summed E-state index contributed by atoms with van der Waals surface area (Å²) in [4.78, 5) is 51.2. The molecule has 0 aromatic heterocycles. The maximum absolute atomic E-state index is 13.3. The number of amides is 3. The summed E-state index contributed by atoms with van der Waals surface area (Å²) >= 11 is 0. The molecule has 3 rings (SSSR count). The van der Waals surface area contributed by atoms with Gasteiger partial charge in [-0.15, -0.1) is 0 Å². The zero-order valence-electron chi connectivity index (χ0n) is 17.7. The topological polar surface area (TPSA) is 105 Å². The third kappa shape index (κ3) is 6.28.